The maximum absolute atomic E-state index is 14.7. The molecular formula is C37H52F3N5O2. The summed E-state index contributed by atoms with van der Waals surface area (Å²) in [6.07, 6.45) is 11.9. The van der Waals surface area contributed by atoms with Gasteiger partial charge in [0.05, 0.1) is 12.8 Å². The SMILES string of the molecule is C/C=C(\C)C(C)(F)F.CCC(C)=C(C)c1ncc(COc2nc(-c3c(OC)ncnc3C3CC3)ncc2C)cc1F.CCC(C)CC. The van der Waals surface area contributed by atoms with Crippen molar-refractivity contribution < 1.29 is 22.6 Å². The topological polar surface area (TPSA) is 82.9 Å². The Labute approximate surface area is 279 Å². The van der Waals surface area contributed by atoms with E-state index in [0.29, 0.717) is 40.3 Å². The van der Waals surface area contributed by atoms with Crippen LogP contribution < -0.4 is 9.47 Å². The molecule has 0 aromatic carbocycles. The smallest absolute Gasteiger partial charge is 0.266 e. The molecule has 0 radical (unpaired) electrons. The van der Waals surface area contributed by atoms with Gasteiger partial charge in [-0.2, -0.15) is 4.98 Å². The lowest BCUT2D eigenvalue weighted by Gasteiger charge is -2.13. The van der Waals surface area contributed by atoms with E-state index in [0.717, 1.165) is 54.5 Å². The minimum Gasteiger partial charge on any atom is -0.480 e. The molecule has 0 saturated heterocycles. The Kier molecular flexibility index (Phi) is 15.5. The quantitative estimate of drug-likeness (QED) is 0.190. The summed E-state index contributed by atoms with van der Waals surface area (Å²) in [7, 11) is 1.57. The van der Waals surface area contributed by atoms with Gasteiger partial charge in [0.25, 0.3) is 5.92 Å². The minimum atomic E-state index is -2.63. The van der Waals surface area contributed by atoms with Gasteiger partial charge in [-0.3, -0.25) is 4.98 Å². The molecule has 0 bridgehead atoms. The van der Waals surface area contributed by atoms with Gasteiger partial charge in [-0.1, -0.05) is 52.2 Å². The third-order valence-electron chi connectivity index (χ3n) is 8.47. The fourth-order valence-electron chi connectivity index (χ4n) is 4.10. The van der Waals surface area contributed by atoms with Crippen LogP contribution >= 0.6 is 0 Å². The van der Waals surface area contributed by atoms with Crippen LogP contribution in [-0.4, -0.2) is 38.0 Å². The lowest BCUT2D eigenvalue weighted by molar-refractivity contribution is 0.0633. The van der Waals surface area contributed by atoms with Crippen molar-refractivity contribution in [1.82, 2.24) is 24.9 Å². The van der Waals surface area contributed by atoms with E-state index in [1.807, 2.05) is 27.7 Å². The Morgan fingerprint density at radius 2 is 1.68 bits per heavy atom. The molecule has 3 aromatic rings. The highest BCUT2D eigenvalue weighted by Crippen LogP contribution is 2.45. The molecule has 258 valence electrons. The van der Waals surface area contributed by atoms with Crippen LogP contribution in [0.5, 0.6) is 11.8 Å². The van der Waals surface area contributed by atoms with Gasteiger partial charge in [-0.25, -0.2) is 28.1 Å². The number of nitrogens with zero attached hydrogens (tertiary/aromatic N) is 5. The van der Waals surface area contributed by atoms with Gasteiger partial charge >= 0.3 is 0 Å². The summed E-state index contributed by atoms with van der Waals surface area (Å²) in [6, 6.07) is 1.46. The maximum atomic E-state index is 14.7. The van der Waals surface area contributed by atoms with Crippen molar-refractivity contribution in [2.24, 2.45) is 5.92 Å². The number of hydrogen-bond donors (Lipinski definition) is 0. The molecule has 1 aliphatic rings. The molecular weight excluding hydrogens is 603 g/mol. The molecule has 0 unspecified atom stereocenters. The maximum Gasteiger partial charge on any atom is 0.266 e. The number of rotatable bonds is 11. The molecule has 3 aromatic heterocycles. The van der Waals surface area contributed by atoms with Crippen LogP contribution in [0.2, 0.25) is 0 Å². The average molecular weight is 656 g/mol. The summed E-state index contributed by atoms with van der Waals surface area (Å²) in [4.78, 5) is 22.1. The van der Waals surface area contributed by atoms with E-state index in [1.165, 1.54) is 38.2 Å². The summed E-state index contributed by atoms with van der Waals surface area (Å²) in [5.41, 5.74) is 5.45. The van der Waals surface area contributed by atoms with Crippen molar-refractivity contribution in [3.8, 4) is 23.1 Å². The van der Waals surface area contributed by atoms with Crippen LogP contribution in [0, 0.1) is 18.7 Å². The second-order valence-electron chi connectivity index (χ2n) is 12.1. The molecule has 0 atom stereocenters. The van der Waals surface area contributed by atoms with E-state index in [9.17, 15) is 13.2 Å². The van der Waals surface area contributed by atoms with Crippen molar-refractivity contribution in [1.29, 1.82) is 0 Å². The van der Waals surface area contributed by atoms with Crippen molar-refractivity contribution in [2.45, 2.75) is 120 Å². The highest BCUT2D eigenvalue weighted by Gasteiger charge is 2.31. The number of allylic oxidation sites excluding steroid dienone is 4. The molecule has 3 heterocycles. The summed E-state index contributed by atoms with van der Waals surface area (Å²) in [5, 5.41) is 0. The van der Waals surface area contributed by atoms with Gasteiger partial charge in [-0.15, -0.1) is 0 Å². The number of halogens is 3. The van der Waals surface area contributed by atoms with Crippen LogP contribution in [0.25, 0.3) is 17.0 Å². The number of alkyl halides is 2. The molecule has 10 heteroatoms. The van der Waals surface area contributed by atoms with E-state index < -0.39 is 5.92 Å². The Morgan fingerprint density at radius 3 is 2.15 bits per heavy atom. The highest BCUT2D eigenvalue weighted by atomic mass is 19.3. The molecule has 0 amide bonds. The summed E-state index contributed by atoms with van der Waals surface area (Å²) in [6.45, 7) is 18.6. The standard InChI is InChI=1S/C25H28FN5O2.C6H10F2.C6H14/c1-6-14(2)16(4)21-19(26)9-17(11-27-21)12-33-24-15(3)10-28-23(31-24)20-22(18-7-8-18)29-13-30-25(20)32-5;1-4-5(2)6(3,7)8;1-4-6(3)5-2/h9-11,13,18H,6-8,12H2,1-5H3;4H,1-3H3;6H,4-5H2,1-3H3/b;5-4+;. The van der Waals surface area contributed by atoms with Crippen LogP contribution in [0.3, 0.4) is 0 Å². The second-order valence-corrected chi connectivity index (χ2v) is 12.1. The van der Waals surface area contributed by atoms with Gasteiger partial charge in [0.2, 0.25) is 11.8 Å². The van der Waals surface area contributed by atoms with Crippen LogP contribution in [0.1, 0.15) is 123 Å². The number of methoxy groups -OCH3 is 1. The third kappa shape index (κ3) is 11.7. The first-order valence-electron chi connectivity index (χ1n) is 16.4. The van der Waals surface area contributed by atoms with E-state index in [4.69, 9.17) is 9.47 Å². The molecule has 1 fully saturated rings. The van der Waals surface area contributed by atoms with E-state index in [-0.39, 0.29) is 18.0 Å². The number of ether oxygens (including phenoxy) is 2. The van der Waals surface area contributed by atoms with Crippen LogP contribution in [0.4, 0.5) is 13.2 Å². The number of hydrogen-bond acceptors (Lipinski definition) is 7. The molecule has 7 nitrogen and oxygen atoms in total. The van der Waals surface area contributed by atoms with Gasteiger partial charge in [-0.05, 0) is 77.0 Å². The molecule has 0 N–H and O–H groups in total. The zero-order valence-corrected chi connectivity index (χ0v) is 30.0. The molecule has 0 spiro atoms. The lowest BCUT2D eigenvalue weighted by Crippen LogP contribution is -2.10. The van der Waals surface area contributed by atoms with Crippen LogP contribution in [0.15, 0.2) is 42.0 Å². The molecule has 4 rings (SSSR count). The van der Waals surface area contributed by atoms with Crippen molar-refractivity contribution in [2.75, 3.05) is 7.11 Å². The summed E-state index contributed by atoms with van der Waals surface area (Å²) in [5.74, 6) is -0.386. The fraction of sp³-hybridized carbons (Fsp3) is 0.541. The molecule has 47 heavy (non-hydrogen) atoms. The Morgan fingerprint density at radius 1 is 1.02 bits per heavy atom. The fourth-order valence-corrected chi connectivity index (χ4v) is 4.10. The molecule has 1 aliphatic carbocycles. The molecule has 0 aliphatic heterocycles. The van der Waals surface area contributed by atoms with Crippen molar-refractivity contribution in [3.05, 3.63) is 70.3 Å². The lowest BCUT2D eigenvalue weighted by atomic mass is 10.0. The first-order valence-corrected chi connectivity index (χ1v) is 16.4. The van der Waals surface area contributed by atoms with Gasteiger partial charge < -0.3 is 9.47 Å². The third-order valence-corrected chi connectivity index (χ3v) is 8.47. The number of aryl methyl sites for hydroxylation is 1. The van der Waals surface area contributed by atoms with Gasteiger partial charge in [0.1, 0.15) is 30.0 Å². The largest absolute Gasteiger partial charge is 0.480 e. The average Bonchev–Trinajstić information content (AvgIpc) is 3.92. The first-order chi connectivity index (χ1) is 22.2. The summed E-state index contributed by atoms with van der Waals surface area (Å²) >= 11 is 0. The van der Waals surface area contributed by atoms with Gasteiger partial charge in [0, 0.05) is 36.4 Å². The first kappa shape index (κ1) is 39.4. The molecule has 1 saturated carbocycles. The van der Waals surface area contributed by atoms with Gasteiger partial charge in [0.15, 0.2) is 5.82 Å². The normalized spacial score (nSPS) is 13.6. The van der Waals surface area contributed by atoms with Crippen LogP contribution in [-0.2, 0) is 6.61 Å². The van der Waals surface area contributed by atoms with E-state index >= 15 is 0 Å². The number of aromatic nitrogens is 5. The Bertz CT molecular complexity index is 1510. The van der Waals surface area contributed by atoms with Crippen molar-refractivity contribution in [3.63, 3.8) is 0 Å². The number of pyridine rings is 1. The zero-order valence-electron chi connectivity index (χ0n) is 30.0. The Balaban J connectivity index is 0.000000460. The summed E-state index contributed by atoms with van der Waals surface area (Å²) < 4.78 is 50.2. The second kappa shape index (κ2) is 18.5. The zero-order chi connectivity index (χ0) is 35.3. The van der Waals surface area contributed by atoms with Crippen molar-refractivity contribution >= 4 is 5.57 Å². The minimum absolute atomic E-state index is 0.123. The predicted octanol–water partition coefficient (Wildman–Crippen LogP) is 10.5. The predicted molar refractivity (Wildman–Crippen MR) is 183 cm³/mol. The van der Waals surface area contributed by atoms with E-state index in [2.05, 4.69) is 45.7 Å². The van der Waals surface area contributed by atoms with E-state index in [1.54, 1.807) is 26.4 Å². The monoisotopic (exact) mass is 655 g/mol. The highest BCUT2D eigenvalue weighted by molar-refractivity contribution is 5.66. The Hall–Kier alpha value is -3.82.